The molecule has 0 aliphatic carbocycles. The largest absolute Gasteiger partial charge is 0.389 e. The molecule has 0 aliphatic heterocycles. The lowest BCUT2D eigenvalue weighted by Gasteiger charge is -2.11. The van der Waals surface area contributed by atoms with Crippen LogP contribution in [-0.4, -0.2) is 24.5 Å². The van der Waals surface area contributed by atoms with Crippen LogP contribution in [-0.2, 0) is 4.79 Å². The number of aryl methyl sites for hydroxylation is 1. The van der Waals surface area contributed by atoms with Crippen molar-refractivity contribution < 1.29 is 4.79 Å². The Morgan fingerprint density at radius 3 is 2.76 bits per heavy atom. The molecule has 5 heteroatoms. The Morgan fingerprint density at radius 1 is 1.47 bits per heavy atom. The van der Waals surface area contributed by atoms with Crippen LogP contribution in [0.15, 0.2) is 18.2 Å². The molecule has 0 heterocycles. The van der Waals surface area contributed by atoms with E-state index in [9.17, 15) is 4.79 Å². The number of anilines is 1. The smallest absolute Gasteiger partial charge is 0.221 e. The predicted molar refractivity (Wildman–Crippen MR) is 74.2 cm³/mol. The molecule has 0 saturated heterocycles. The van der Waals surface area contributed by atoms with Crippen LogP contribution in [0, 0.1) is 6.92 Å². The fourth-order valence-corrected chi connectivity index (χ4v) is 1.63. The molecule has 1 aromatic carbocycles. The third kappa shape index (κ3) is 4.03. The molecule has 4 nitrogen and oxygen atoms in total. The molecule has 0 atom stereocenters. The summed E-state index contributed by atoms with van der Waals surface area (Å²) in [5.74, 6) is 0.00188. The zero-order valence-corrected chi connectivity index (χ0v) is 10.9. The number of hydrogen-bond acceptors (Lipinski definition) is 3. The quantitative estimate of drug-likeness (QED) is 0.687. The fraction of sp³-hybridized carbons (Fsp3) is 0.333. The molecule has 0 unspecified atom stereocenters. The maximum absolute atomic E-state index is 11.1. The summed E-state index contributed by atoms with van der Waals surface area (Å²) < 4.78 is 0. The lowest BCUT2D eigenvalue weighted by Crippen LogP contribution is -2.21. The van der Waals surface area contributed by atoms with E-state index in [1.807, 2.05) is 25.1 Å². The van der Waals surface area contributed by atoms with Crippen molar-refractivity contribution in [2.75, 3.05) is 18.9 Å². The highest BCUT2D eigenvalue weighted by Gasteiger charge is 2.05. The Balaban J connectivity index is 2.72. The van der Waals surface area contributed by atoms with Crippen LogP contribution in [0.1, 0.15) is 17.5 Å². The van der Waals surface area contributed by atoms with Crippen LogP contribution >= 0.6 is 12.2 Å². The molecular formula is C12H17N3OS. The van der Waals surface area contributed by atoms with Crippen molar-refractivity contribution in [3.05, 3.63) is 29.3 Å². The van der Waals surface area contributed by atoms with Gasteiger partial charge in [-0.15, -0.1) is 0 Å². The van der Waals surface area contributed by atoms with Gasteiger partial charge in [-0.1, -0.05) is 18.3 Å². The van der Waals surface area contributed by atoms with Crippen molar-refractivity contribution in [2.45, 2.75) is 13.3 Å². The van der Waals surface area contributed by atoms with E-state index >= 15 is 0 Å². The number of thiocarbonyl (C=S) groups is 1. The standard InChI is InChI=1S/C12H17N3OS/c1-8-3-4-9(12(13)17)10(7-8)15-6-5-11(16)14-2/h3-4,7,15H,5-6H2,1-2H3,(H2,13,17)(H,14,16). The SMILES string of the molecule is CNC(=O)CCNc1cc(C)ccc1C(N)=S. The number of rotatable bonds is 5. The first-order valence-corrected chi connectivity index (χ1v) is 5.80. The van der Waals surface area contributed by atoms with E-state index in [1.54, 1.807) is 7.05 Å². The third-order valence-electron chi connectivity index (χ3n) is 2.39. The predicted octanol–water partition coefficient (Wildman–Crippen LogP) is 1.18. The average Bonchev–Trinajstić information content (AvgIpc) is 2.28. The summed E-state index contributed by atoms with van der Waals surface area (Å²) in [6.07, 6.45) is 0.418. The highest BCUT2D eigenvalue weighted by atomic mass is 32.1. The molecule has 0 aliphatic rings. The lowest BCUT2D eigenvalue weighted by atomic mass is 10.1. The summed E-state index contributed by atoms with van der Waals surface area (Å²) in [4.78, 5) is 11.4. The minimum absolute atomic E-state index is 0.00188. The Hall–Kier alpha value is -1.62. The van der Waals surface area contributed by atoms with Gasteiger partial charge in [-0.05, 0) is 24.6 Å². The van der Waals surface area contributed by atoms with Gasteiger partial charge in [0.2, 0.25) is 5.91 Å². The molecule has 4 N–H and O–H groups in total. The number of carbonyl (C=O) groups is 1. The lowest BCUT2D eigenvalue weighted by molar-refractivity contribution is -0.120. The van der Waals surface area contributed by atoms with Crippen molar-refractivity contribution in [3.63, 3.8) is 0 Å². The van der Waals surface area contributed by atoms with Gasteiger partial charge in [0.05, 0.1) is 0 Å². The highest BCUT2D eigenvalue weighted by Crippen LogP contribution is 2.17. The van der Waals surface area contributed by atoms with Gasteiger partial charge in [0.15, 0.2) is 0 Å². The van der Waals surface area contributed by atoms with Gasteiger partial charge in [-0.25, -0.2) is 0 Å². The summed E-state index contributed by atoms with van der Waals surface area (Å²) in [6.45, 7) is 2.55. The van der Waals surface area contributed by atoms with E-state index in [2.05, 4.69) is 10.6 Å². The zero-order valence-electron chi connectivity index (χ0n) is 10.0. The molecule has 0 aromatic heterocycles. The molecule has 0 saturated carbocycles. The van der Waals surface area contributed by atoms with Gasteiger partial charge in [-0.2, -0.15) is 0 Å². The molecule has 17 heavy (non-hydrogen) atoms. The number of hydrogen-bond donors (Lipinski definition) is 3. The van der Waals surface area contributed by atoms with Crippen molar-refractivity contribution >= 4 is 28.8 Å². The molecular weight excluding hydrogens is 234 g/mol. The molecule has 0 radical (unpaired) electrons. The van der Waals surface area contributed by atoms with Crippen molar-refractivity contribution in [1.82, 2.24) is 5.32 Å². The van der Waals surface area contributed by atoms with Crippen molar-refractivity contribution in [1.29, 1.82) is 0 Å². The average molecular weight is 251 g/mol. The molecule has 0 bridgehead atoms. The van der Waals surface area contributed by atoms with Crippen LogP contribution in [0.5, 0.6) is 0 Å². The number of nitrogens with two attached hydrogens (primary N) is 1. The molecule has 1 amide bonds. The van der Waals surface area contributed by atoms with Gasteiger partial charge in [0.1, 0.15) is 4.99 Å². The van der Waals surface area contributed by atoms with Crippen molar-refractivity contribution in [2.24, 2.45) is 5.73 Å². The fourth-order valence-electron chi connectivity index (χ4n) is 1.45. The van der Waals surface area contributed by atoms with Crippen LogP contribution < -0.4 is 16.4 Å². The van der Waals surface area contributed by atoms with Gasteiger partial charge < -0.3 is 16.4 Å². The van der Waals surface area contributed by atoms with E-state index in [-0.39, 0.29) is 5.91 Å². The Morgan fingerprint density at radius 2 is 2.18 bits per heavy atom. The summed E-state index contributed by atoms with van der Waals surface area (Å²) in [7, 11) is 1.62. The Bertz CT molecular complexity index is 432. The topological polar surface area (TPSA) is 67.2 Å². The first-order valence-electron chi connectivity index (χ1n) is 5.39. The molecule has 0 spiro atoms. The summed E-state index contributed by atoms with van der Waals surface area (Å²) in [5.41, 5.74) is 8.44. The second-order valence-corrected chi connectivity index (χ2v) is 4.20. The van der Waals surface area contributed by atoms with Crippen LogP contribution in [0.25, 0.3) is 0 Å². The summed E-state index contributed by atoms with van der Waals surface area (Å²) in [5, 5.41) is 5.74. The van der Waals surface area contributed by atoms with E-state index < -0.39 is 0 Å². The van der Waals surface area contributed by atoms with Crippen molar-refractivity contribution in [3.8, 4) is 0 Å². The second kappa shape index (κ2) is 6.20. The first kappa shape index (κ1) is 13.4. The molecule has 1 rings (SSSR count). The van der Waals surface area contributed by atoms with Crippen LogP contribution in [0.4, 0.5) is 5.69 Å². The number of nitrogens with one attached hydrogen (secondary N) is 2. The van der Waals surface area contributed by atoms with Gasteiger partial charge >= 0.3 is 0 Å². The maximum atomic E-state index is 11.1. The van der Waals surface area contributed by atoms with E-state index in [0.29, 0.717) is 18.0 Å². The highest BCUT2D eigenvalue weighted by molar-refractivity contribution is 7.80. The van der Waals surface area contributed by atoms with E-state index in [1.165, 1.54) is 0 Å². The van der Waals surface area contributed by atoms with Gasteiger partial charge in [-0.3, -0.25) is 4.79 Å². The van der Waals surface area contributed by atoms with Crippen LogP contribution in [0.2, 0.25) is 0 Å². The Labute approximate surface area is 107 Å². The number of benzene rings is 1. The Kier molecular flexibility index (Phi) is 4.90. The summed E-state index contributed by atoms with van der Waals surface area (Å²) in [6, 6.07) is 5.82. The normalized spacial score (nSPS) is 9.76. The first-order chi connectivity index (χ1) is 8.04. The zero-order chi connectivity index (χ0) is 12.8. The van der Waals surface area contributed by atoms with E-state index in [4.69, 9.17) is 18.0 Å². The van der Waals surface area contributed by atoms with Crippen LogP contribution in [0.3, 0.4) is 0 Å². The van der Waals surface area contributed by atoms with E-state index in [0.717, 1.165) is 16.8 Å². The monoisotopic (exact) mass is 251 g/mol. The molecule has 1 aromatic rings. The number of amides is 1. The van der Waals surface area contributed by atoms with Gasteiger partial charge in [0.25, 0.3) is 0 Å². The maximum Gasteiger partial charge on any atom is 0.221 e. The minimum Gasteiger partial charge on any atom is -0.389 e. The third-order valence-corrected chi connectivity index (χ3v) is 2.61. The summed E-state index contributed by atoms with van der Waals surface area (Å²) >= 11 is 4.98. The number of carbonyl (C=O) groups excluding carboxylic acids is 1. The van der Waals surface area contributed by atoms with Gasteiger partial charge in [0, 0.05) is 31.3 Å². The molecule has 92 valence electrons. The minimum atomic E-state index is 0.00188. The second-order valence-electron chi connectivity index (χ2n) is 3.76. The molecule has 0 fully saturated rings.